The van der Waals surface area contributed by atoms with Gasteiger partial charge in [0.15, 0.2) is 11.5 Å². The zero-order valence-electron chi connectivity index (χ0n) is 12.2. The van der Waals surface area contributed by atoms with Gasteiger partial charge in [0.2, 0.25) is 5.91 Å². The highest BCUT2D eigenvalue weighted by atomic mass is 79.9. The first-order valence-corrected chi connectivity index (χ1v) is 9.02. The van der Waals surface area contributed by atoms with Crippen LogP contribution in [0, 0.1) is 0 Å². The van der Waals surface area contributed by atoms with Gasteiger partial charge in [-0.3, -0.25) is 4.79 Å². The number of amides is 1. The van der Waals surface area contributed by atoms with Crippen molar-refractivity contribution in [3.05, 3.63) is 46.4 Å². The molecule has 2 aromatic carbocycles. The van der Waals surface area contributed by atoms with Crippen molar-refractivity contribution in [1.82, 2.24) is 0 Å². The van der Waals surface area contributed by atoms with Crippen LogP contribution in [0.25, 0.3) is 0 Å². The molecule has 2 aromatic rings. The van der Waals surface area contributed by atoms with Gasteiger partial charge in [0, 0.05) is 21.5 Å². The molecule has 0 bridgehead atoms. The highest BCUT2D eigenvalue weighted by Gasteiger charge is 2.28. The summed E-state index contributed by atoms with van der Waals surface area (Å²) < 4.78 is 11.9. The molecule has 118 valence electrons. The molecule has 1 amide bonds. The van der Waals surface area contributed by atoms with Gasteiger partial charge in [0.25, 0.3) is 0 Å². The van der Waals surface area contributed by atoms with Gasteiger partial charge in [-0.15, -0.1) is 11.8 Å². The monoisotopic (exact) mass is 391 g/mol. The van der Waals surface area contributed by atoms with Gasteiger partial charge >= 0.3 is 0 Å². The Morgan fingerprint density at radius 2 is 1.91 bits per heavy atom. The molecule has 0 saturated heterocycles. The zero-order chi connectivity index (χ0) is 15.8. The maximum atomic E-state index is 12.6. The number of anilines is 1. The van der Waals surface area contributed by atoms with Gasteiger partial charge in [0.1, 0.15) is 13.2 Å². The highest BCUT2D eigenvalue weighted by Crippen LogP contribution is 2.40. The maximum absolute atomic E-state index is 12.6. The Labute approximate surface area is 146 Å². The number of hydrogen-bond donors (Lipinski definition) is 1. The number of carbonyl (C=O) groups excluding carboxylic acids is 1. The van der Waals surface area contributed by atoms with Crippen LogP contribution >= 0.6 is 27.7 Å². The van der Waals surface area contributed by atoms with E-state index in [4.69, 9.17) is 9.47 Å². The summed E-state index contributed by atoms with van der Waals surface area (Å²) in [4.78, 5) is 13.8. The van der Waals surface area contributed by atoms with Crippen molar-refractivity contribution in [3.8, 4) is 11.5 Å². The fourth-order valence-electron chi connectivity index (χ4n) is 2.70. The van der Waals surface area contributed by atoms with Gasteiger partial charge in [-0.1, -0.05) is 18.2 Å². The Hall–Kier alpha value is -1.66. The Morgan fingerprint density at radius 3 is 2.70 bits per heavy atom. The second kappa shape index (κ2) is 6.09. The minimum atomic E-state index is -0.104. The summed E-state index contributed by atoms with van der Waals surface area (Å²) in [5.41, 5.74) is 1.94. The van der Waals surface area contributed by atoms with E-state index in [0.717, 1.165) is 10.9 Å². The first kappa shape index (κ1) is 14.9. The Bertz CT molecular complexity index is 755. The molecule has 1 N–H and O–H groups in total. The lowest BCUT2D eigenvalue weighted by Crippen LogP contribution is -2.25. The molecule has 4 rings (SSSR count). The van der Waals surface area contributed by atoms with Crippen LogP contribution in [0.2, 0.25) is 0 Å². The fourth-order valence-corrected chi connectivity index (χ4v) is 4.32. The third kappa shape index (κ3) is 2.93. The molecule has 0 radical (unpaired) electrons. The largest absolute Gasteiger partial charge is 0.486 e. The molecule has 23 heavy (non-hydrogen) atoms. The maximum Gasteiger partial charge on any atom is 0.238 e. The van der Waals surface area contributed by atoms with Crippen LogP contribution in [-0.2, 0) is 11.2 Å². The van der Waals surface area contributed by atoms with Crippen molar-refractivity contribution < 1.29 is 14.3 Å². The van der Waals surface area contributed by atoms with Crippen molar-refractivity contribution in [2.75, 3.05) is 18.5 Å². The fraction of sp³-hybridized carbons (Fsp3) is 0.235. The van der Waals surface area contributed by atoms with Crippen LogP contribution < -0.4 is 14.8 Å². The molecule has 2 heterocycles. The quantitative estimate of drug-likeness (QED) is 0.843. The average molecular weight is 392 g/mol. The van der Waals surface area contributed by atoms with Gasteiger partial charge in [-0.05, 0) is 34.0 Å². The second-order valence-electron chi connectivity index (χ2n) is 5.38. The molecular weight excluding hydrogens is 378 g/mol. The minimum Gasteiger partial charge on any atom is -0.486 e. The van der Waals surface area contributed by atoms with Gasteiger partial charge < -0.3 is 14.8 Å². The topological polar surface area (TPSA) is 47.6 Å². The van der Waals surface area contributed by atoms with Crippen molar-refractivity contribution in [2.24, 2.45) is 0 Å². The SMILES string of the molecule is O=C(Nc1cc2c(cc1Br)OCCO2)C1Cc2ccccc2S1. The summed E-state index contributed by atoms with van der Waals surface area (Å²) >= 11 is 5.10. The second-order valence-corrected chi connectivity index (χ2v) is 7.48. The smallest absolute Gasteiger partial charge is 0.238 e. The summed E-state index contributed by atoms with van der Waals surface area (Å²) in [5, 5.41) is 2.89. The number of nitrogens with one attached hydrogen (secondary N) is 1. The molecule has 0 spiro atoms. The third-order valence-corrected chi connectivity index (χ3v) is 5.80. The Balaban J connectivity index is 1.51. The van der Waals surface area contributed by atoms with Crippen LogP contribution in [0.4, 0.5) is 5.69 Å². The van der Waals surface area contributed by atoms with Crippen molar-refractivity contribution in [3.63, 3.8) is 0 Å². The lowest BCUT2D eigenvalue weighted by molar-refractivity contribution is -0.115. The van der Waals surface area contributed by atoms with E-state index in [0.29, 0.717) is 30.4 Å². The molecule has 0 aromatic heterocycles. The molecule has 4 nitrogen and oxygen atoms in total. The number of carbonyl (C=O) groups is 1. The molecule has 0 saturated carbocycles. The molecule has 6 heteroatoms. The summed E-state index contributed by atoms with van der Waals surface area (Å²) in [6, 6.07) is 11.8. The summed E-state index contributed by atoms with van der Waals surface area (Å²) in [6.45, 7) is 1.07. The summed E-state index contributed by atoms with van der Waals surface area (Å²) in [5.74, 6) is 1.37. The first-order chi connectivity index (χ1) is 11.2. The molecule has 1 atom stereocenters. The van der Waals surface area contributed by atoms with Gasteiger partial charge in [-0.2, -0.15) is 0 Å². The molecule has 0 fully saturated rings. The van der Waals surface area contributed by atoms with E-state index in [1.165, 1.54) is 10.5 Å². The average Bonchev–Trinajstić information content (AvgIpc) is 3.00. The van der Waals surface area contributed by atoms with Crippen LogP contribution in [0.5, 0.6) is 11.5 Å². The number of halogens is 1. The van der Waals surface area contributed by atoms with E-state index in [1.54, 1.807) is 11.8 Å². The van der Waals surface area contributed by atoms with Crippen LogP contribution in [0.1, 0.15) is 5.56 Å². The Kier molecular flexibility index (Phi) is 3.95. The highest BCUT2D eigenvalue weighted by molar-refractivity contribution is 9.10. The zero-order valence-corrected chi connectivity index (χ0v) is 14.6. The van der Waals surface area contributed by atoms with E-state index in [-0.39, 0.29) is 11.2 Å². The number of benzene rings is 2. The molecule has 2 aliphatic heterocycles. The molecule has 0 aliphatic carbocycles. The number of ether oxygens (including phenoxy) is 2. The lowest BCUT2D eigenvalue weighted by Gasteiger charge is -2.20. The first-order valence-electron chi connectivity index (χ1n) is 7.35. The van der Waals surface area contributed by atoms with Gasteiger partial charge in [-0.25, -0.2) is 0 Å². The van der Waals surface area contributed by atoms with E-state index in [9.17, 15) is 4.79 Å². The van der Waals surface area contributed by atoms with E-state index >= 15 is 0 Å². The normalized spacial score (nSPS) is 18.4. The lowest BCUT2D eigenvalue weighted by atomic mass is 10.1. The van der Waals surface area contributed by atoms with Crippen LogP contribution in [0.15, 0.2) is 45.8 Å². The predicted molar refractivity (Wildman–Crippen MR) is 93.6 cm³/mol. The molecule has 2 aliphatic rings. The number of thioether (sulfide) groups is 1. The molecular formula is C17H14BrNO3S. The summed E-state index contributed by atoms with van der Waals surface area (Å²) in [6.07, 6.45) is 0.759. The van der Waals surface area contributed by atoms with Crippen LogP contribution in [-0.4, -0.2) is 24.4 Å². The van der Waals surface area contributed by atoms with Gasteiger partial charge in [0.05, 0.1) is 10.9 Å². The van der Waals surface area contributed by atoms with Crippen molar-refractivity contribution in [1.29, 1.82) is 0 Å². The van der Waals surface area contributed by atoms with Crippen molar-refractivity contribution in [2.45, 2.75) is 16.6 Å². The molecule has 1 unspecified atom stereocenters. The number of hydrogen-bond acceptors (Lipinski definition) is 4. The van der Waals surface area contributed by atoms with E-state index in [1.807, 2.05) is 24.3 Å². The van der Waals surface area contributed by atoms with Crippen LogP contribution in [0.3, 0.4) is 0 Å². The number of fused-ring (bicyclic) bond motifs is 2. The third-order valence-electron chi connectivity index (χ3n) is 3.83. The number of rotatable bonds is 2. The van der Waals surface area contributed by atoms with E-state index in [2.05, 4.69) is 33.4 Å². The Morgan fingerprint density at radius 1 is 1.17 bits per heavy atom. The predicted octanol–water partition coefficient (Wildman–Crippen LogP) is 3.88. The standard InChI is InChI=1S/C17H14BrNO3S/c18-11-8-13-14(22-6-5-21-13)9-12(11)19-17(20)16-7-10-3-1-2-4-15(10)23-16/h1-4,8-9,16H,5-7H2,(H,19,20). The van der Waals surface area contributed by atoms with E-state index < -0.39 is 0 Å². The summed E-state index contributed by atoms with van der Waals surface area (Å²) in [7, 11) is 0. The minimum absolute atomic E-state index is 0.00331. The van der Waals surface area contributed by atoms with Crippen molar-refractivity contribution >= 4 is 39.3 Å².